The summed E-state index contributed by atoms with van der Waals surface area (Å²) in [6.07, 6.45) is 6.25. The molecule has 1 fully saturated rings. The highest BCUT2D eigenvalue weighted by Gasteiger charge is 2.24. The van der Waals surface area contributed by atoms with Crippen LogP contribution < -0.4 is 17.2 Å². The monoisotopic (exact) mass is 369 g/mol. The average Bonchev–Trinajstić information content (AvgIpc) is 2.62. The van der Waals surface area contributed by atoms with Crippen molar-refractivity contribution in [2.24, 2.45) is 11.7 Å². The van der Waals surface area contributed by atoms with E-state index in [9.17, 15) is 4.79 Å². The van der Waals surface area contributed by atoms with Crippen LogP contribution in [0.2, 0.25) is 0 Å². The van der Waals surface area contributed by atoms with Crippen LogP contribution in [0.15, 0.2) is 41.3 Å². The minimum atomic E-state index is -0.359. The van der Waals surface area contributed by atoms with E-state index in [0.29, 0.717) is 18.0 Å². The third-order valence-corrected chi connectivity index (χ3v) is 5.28. The minimum absolute atomic E-state index is 0.240. The SMILES string of the molecule is CC(C)CN(Cc1ccc(-n2ccc(N)nc2=O)cc1)C1CCC(N)CC1. The fraction of sp³-hybridized carbons (Fsp3) is 0.524. The highest BCUT2D eigenvalue weighted by Crippen LogP contribution is 2.25. The van der Waals surface area contributed by atoms with Gasteiger partial charge in [-0.15, -0.1) is 0 Å². The zero-order valence-electron chi connectivity index (χ0n) is 16.3. The molecule has 0 bridgehead atoms. The summed E-state index contributed by atoms with van der Waals surface area (Å²) in [6.45, 7) is 6.55. The summed E-state index contributed by atoms with van der Waals surface area (Å²) in [5.41, 5.74) is 13.3. The number of hydrogen-bond acceptors (Lipinski definition) is 5. The van der Waals surface area contributed by atoms with Gasteiger partial charge < -0.3 is 11.5 Å². The number of rotatable bonds is 6. The van der Waals surface area contributed by atoms with Gasteiger partial charge in [0.25, 0.3) is 0 Å². The summed E-state index contributed by atoms with van der Waals surface area (Å²) < 4.78 is 1.51. The maximum absolute atomic E-state index is 12.0. The Morgan fingerprint density at radius 1 is 1.15 bits per heavy atom. The molecule has 0 unspecified atom stereocenters. The molecule has 0 radical (unpaired) electrons. The van der Waals surface area contributed by atoms with Crippen LogP contribution in [0, 0.1) is 5.92 Å². The standard InChI is InChI=1S/C21H31N5O/c1-15(2)13-25(18-9-5-17(22)6-10-18)14-16-3-7-19(8-4-16)26-12-11-20(23)24-21(26)27/h3-4,7-8,11-12,15,17-18H,5-6,9-10,13-14,22H2,1-2H3,(H2,23,24,27). The molecule has 4 N–H and O–H groups in total. The Kier molecular flexibility index (Phi) is 6.29. The van der Waals surface area contributed by atoms with Gasteiger partial charge in [-0.25, -0.2) is 4.79 Å². The molecule has 146 valence electrons. The van der Waals surface area contributed by atoms with Crippen LogP contribution in [0.1, 0.15) is 45.1 Å². The third kappa shape index (κ3) is 5.17. The fourth-order valence-corrected chi connectivity index (χ4v) is 3.89. The van der Waals surface area contributed by atoms with Crippen LogP contribution in [0.25, 0.3) is 5.69 Å². The van der Waals surface area contributed by atoms with Crippen molar-refractivity contribution >= 4 is 5.82 Å². The Morgan fingerprint density at radius 3 is 2.41 bits per heavy atom. The largest absolute Gasteiger partial charge is 0.383 e. The molecule has 1 aromatic heterocycles. The molecule has 3 rings (SSSR count). The number of benzene rings is 1. The Bertz CT molecular complexity index is 791. The second-order valence-electron chi connectivity index (χ2n) is 8.06. The summed E-state index contributed by atoms with van der Waals surface area (Å²) in [5, 5.41) is 0. The minimum Gasteiger partial charge on any atom is -0.383 e. The van der Waals surface area contributed by atoms with Crippen LogP contribution in [0.5, 0.6) is 0 Å². The van der Waals surface area contributed by atoms with Gasteiger partial charge in [0.05, 0.1) is 5.69 Å². The zero-order chi connectivity index (χ0) is 19.4. The Balaban J connectivity index is 1.73. The first-order valence-corrected chi connectivity index (χ1v) is 9.86. The molecule has 6 nitrogen and oxygen atoms in total. The highest BCUT2D eigenvalue weighted by molar-refractivity contribution is 5.36. The Labute approximate surface area is 161 Å². The molecule has 0 aliphatic heterocycles. The number of nitrogen functional groups attached to an aromatic ring is 1. The summed E-state index contributed by atoms with van der Waals surface area (Å²) in [4.78, 5) is 18.4. The van der Waals surface area contributed by atoms with Gasteiger partial charge in [-0.1, -0.05) is 26.0 Å². The molecular weight excluding hydrogens is 338 g/mol. The van der Waals surface area contributed by atoms with Crippen LogP contribution in [0.4, 0.5) is 5.82 Å². The Morgan fingerprint density at radius 2 is 1.81 bits per heavy atom. The van der Waals surface area contributed by atoms with E-state index in [4.69, 9.17) is 11.5 Å². The molecule has 1 aliphatic rings. The zero-order valence-corrected chi connectivity index (χ0v) is 16.3. The van der Waals surface area contributed by atoms with E-state index in [1.165, 1.54) is 23.0 Å². The lowest BCUT2D eigenvalue weighted by molar-refractivity contribution is 0.127. The van der Waals surface area contributed by atoms with Crippen molar-refractivity contribution in [3.63, 3.8) is 0 Å². The maximum Gasteiger partial charge on any atom is 0.354 e. The molecule has 2 aromatic rings. The molecule has 0 saturated heterocycles. The van der Waals surface area contributed by atoms with E-state index in [1.54, 1.807) is 12.3 Å². The number of aromatic nitrogens is 2. The van der Waals surface area contributed by atoms with E-state index < -0.39 is 0 Å². The normalized spacial score (nSPS) is 20.3. The van der Waals surface area contributed by atoms with E-state index >= 15 is 0 Å². The van der Waals surface area contributed by atoms with Gasteiger partial charge in [0, 0.05) is 31.4 Å². The first-order valence-electron chi connectivity index (χ1n) is 9.86. The maximum atomic E-state index is 12.0. The van der Waals surface area contributed by atoms with Crippen LogP contribution in [-0.4, -0.2) is 33.1 Å². The van der Waals surface area contributed by atoms with Gasteiger partial charge in [0.15, 0.2) is 0 Å². The van der Waals surface area contributed by atoms with Crippen LogP contribution in [0.3, 0.4) is 0 Å². The van der Waals surface area contributed by atoms with Gasteiger partial charge in [-0.2, -0.15) is 4.98 Å². The Hall–Kier alpha value is -2.18. The molecule has 1 aromatic carbocycles. The number of anilines is 1. The summed E-state index contributed by atoms with van der Waals surface area (Å²) in [6, 6.07) is 10.7. The molecule has 1 saturated carbocycles. The van der Waals surface area contributed by atoms with Crippen molar-refractivity contribution in [2.45, 2.75) is 58.2 Å². The van der Waals surface area contributed by atoms with E-state index in [1.807, 2.05) is 12.1 Å². The smallest absolute Gasteiger partial charge is 0.354 e. The number of nitrogens with zero attached hydrogens (tertiary/aromatic N) is 3. The highest BCUT2D eigenvalue weighted by atomic mass is 16.1. The molecule has 1 heterocycles. The topological polar surface area (TPSA) is 90.2 Å². The van der Waals surface area contributed by atoms with Gasteiger partial charge in [0.2, 0.25) is 0 Å². The molecular formula is C21H31N5O. The van der Waals surface area contributed by atoms with Crippen molar-refractivity contribution in [3.05, 3.63) is 52.6 Å². The third-order valence-electron chi connectivity index (χ3n) is 5.28. The molecule has 0 atom stereocenters. The quantitative estimate of drug-likeness (QED) is 0.817. The lowest BCUT2D eigenvalue weighted by Gasteiger charge is -2.37. The van der Waals surface area contributed by atoms with E-state index in [0.717, 1.165) is 31.6 Å². The lowest BCUT2D eigenvalue weighted by Crippen LogP contribution is -2.42. The second kappa shape index (κ2) is 8.67. The van der Waals surface area contributed by atoms with Gasteiger partial charge in [-0.05, 0) is 55.4 Å². The van der Waals surface area contributed by atoms with Gasteiger partial charge in [-0.3, -0.25) is 9.47 Å². The van der Waals surface area contributed by atoms with Gasteiger partial charge in [0.1, 0.15) is 5.82 Å². The second-order valence-corrected chi connectivity index (χ2v) is 8.06. The van der Waals surface area contributed by atoms with Crippen molar-refractivity contribution in [1.82, 2.24) is 14.5 Å². The predicted molar refractivity (Wildman–Crippen MR) is 110 cm³/mol. The summed E-state index contributed by atoms with van der Waals surface area (Å²) in [7, 11) is 0. The molecule has 27 heavy (non-hydrogen) atoms. The molecule has 0 amide bonds. The first kappa shape index (κ1) is 19.6. The van der Waals surface area contributed by atoms with Crippen molar-refractivity contribution < 1.29 is 0 Å². The summed E-state index contributed by atoms with van der Waals surface area (Å²) >= 11 is 0. The number of nitrogens with two attached hydrogens (primary N) is 2. The van der Waals surface area contributed by atoms with Crippen molar-refractivity contribution in [3.8, 4) is 5.69 Å². The first-order chi connectivity index (χ1) is 12.9. The number of hydrogen-bond donors (Lipinski definition) is 2. The van der Waals surface area contributed by atoms with Crippen LogP contribution >= 0.6 is 0 Å². The fourth-order valence-electron chi connectivity index (χ4n) is 3.89. The predicted octanol–water partition coefficient (Wildman–Crippen LogP) is 2.54. The molecule has 0 spiro atoms. The van der Waals surface area contributed by atoms with Crippen molar-refractivity contribution in [2.75, 3.05) is 12.3 Å². The van der Waals surface area contributed by atoms with E-state index in [-0.39, 0.29) is 11.5 Å². The summed E-state index contributed by atoms with van der Waals surface area (Å²) in [5.74, 6) is 0.865. The van der Waals surface area contributed by atoms with Crippen molar-refractivity contribution in [1.29, 1.82) is 0 Å². The van der Waals surface area contributed by atoms with E-state index in [2.05, 4.69) is 35.9 Å². The lowest BCUT2D eigenvalue weighted by atomic mass is 9.90. The molecule has 6 heteroatoms. The van der Waals surface area contributed by atoms with Gasteiger partial charge >= 0.3 is 5.69 Å². The average molecular weight is 370 g/mol. The van der Waals surface area contributed by atoms with Crippen LogP contribution in [-0.2, 0) is 6.54 Å². The molecule has 1 aliphatic carbocycles.